The first kappa shape index (κ1) is 46.6. The van der Waals surface area contributed by atoms with Gasteiger partial charge < -0.3 is 9.44 Å². The molecule has 0 aliphatic carbocycles. The standard InChI is InChI=1S/C12H10N2O2S.6CO.2Fe/c15-17(16,13-11-7-3-1-4-8-11)14-12-9-5-2-6-10-12;6*1-2;;/h1-10H;;;;;;;;/q-2;;;;;;;;. The van der Waals surface area contributed by atoms with E-state index in [0.717, 1.165) is 0 Å². The summed E-state index contributed by atoms with van der Waals surface area (Å²) < 4.78 is 75.5. The normalized spacial score (nSPS) is 6.32. The molecule has 31 heavy (non-hydrogen) atoms. The number of benzene rings is 2. The molecule has 164 valence electrons. The van der Waals surface area contributed by atoms with Crippen LogP contribution in [0.25, 0.3) is 9.44 Å². The van der Waals surface area contributed by atoms with E-state index in [0.29, 0.717) is 11.4 Å². The molecule has 0 aliphatic rings. The van der Waals surface area contributed by atoms with Gasteiger partial charge >= 0.3 is 67.8 Å². The van der Waals surface area contributed by atoms with E-state index in [2.05, 4.69) is 49.3 Å². The molecule has 0 unspecified atom stereocenters. The molecule has 0 aromatic heterocycles. The van der Waals surface area contributed by atoms with E-state index < -0.39 is 10.2 Å². The van der Waals surface area contributed by atoms with Crippen LogP contribution in [0.15, 0.2) is 60.7 Å². The van der Waals surface area contributed by atoms with Crippen molar-refractivity contribution in [3.8, 4) is 0 Å². The Bertz CT molecular complexity index is 741. The summed E-state index contributed by atoms with van der Waals surface area (Å²) in [6, 6.07) is 16.9. The van der Waals surface area contributed by atoms with E-state index in [1.807, 2.05) is 0 Å². The van der Waals surface area contributed by atoms with Crippen molar-refractivity contribution in [3.05, 3.63) is 110 Å². The zero-order valence-corrected chi connectivity index (χ0v) is 18.1. The minimum atomic E-state index is -3.84. The van der Waals surface area contributed by atoms with E-state index in [9.17, 15) is 8.42 Å². The molecule has 2 aromatic carbocycles. The van der Waals surface area contributed by atoms with Gasteiger partial charge in [0.1, 0.15) is 0 Å². The van der Waals surface area contributed by atoms with Crippen LogP contribution in [0.4, 0.5) is 11.4 Å². The monoisotopic (exact) mass is 526 g/mol. The average Bonchev–Trinajstić information content (AvgIpc) is 2.82. The van der Waals surface area contributed by atoms with E-state index in [-0.39, 0.29) is 34.1 Å². The van der Waals surface area contributed by atoms with E-state index >= 15 is 0 Å². The van der Waals surface area contributed by atoms with Gasteiger partial charge in [-0.25, -0.2) is 0 Å². The molecule has 10 nitrogen and oxygen atoms in total. The maximum absolute atomic E-state index is 11.6. The van der Waals surface area contributed by atoms with Crippen molar-refractivity contribution in [3.63, 3.8) is 0 Å². The smallest absolute Gasteiger partial charge is 0 e. The molecule has 0 radical (unpaired) electrons. The minimum absolute atomic E-state index is 0. The Morgan fingerprint density at radius 2 is 0.677 bits per heavy atom. The first-order valence-corrected chi connectivity index (χ1v) is 7.59. The van der Waals surface area contributed by atoms with Crippen LogP contribution in [-0.2, 0) is 72.3 Å². The zero-order valence-electron chi connectivity index (χ0n) is 15.0. The van der Waals surface area contributed by atoms with Crippen molar-refractivity contribution in [1.29, 1.82) is 0 Å². The average molecular weight is 526 g/mol. The van der Waals surface area contributed by atoms with Crippen LogP contribution in [0.1, 0.15) is 0 Å². The maximum Gasteiger partial charge on any atom is 0 e. The van der Waals surface area contributed by atoms with Crippen LogP contribution in [-0.4, -0.2) is 8.42 Å². The predicted molar refractivity (Wildman–Crippen MR) is 91.4 cm³/mol. The van der Waals surface area contributed by atoms with Crippen LogP contribution in [0, 0.1) is 39.9 Å². The van der Waals surface area contributed by atoms with Crippen molar-refractivity contribution in [2.45, 2.75) is 0 Å². The molecule has 0 saturated heterocycles. The van der Waals surface area contributed by atoms with Crippen molar-refractivity contribution < 1.29 is 70.5 Å². The molecule has 0 N–H and O–H groups in total. The second-order valence-corrected chi connectivity index (χ2v) is 4.56. The van der Waals surface area contributed by atoms with Gasteiger partial charge in [0.05, 0.1) is 0 Å². The molecule has 0 spiro atoms. The van der Waals surface area contributed by atoms with Crippen molar-refractivity contribution in [2.24, 2.45) is 0 Å². The van der Waals surface area contributed by atoms with E-state index in [1.165, 1.54) is 0 Å². The Kier molecular flexibility index (Phi) is 62.8. The Morgan fingerprint density at radius 1 is 0.484 bits per heavy atom. The van der Waals surface area contributed by atoms with Gasteiger partial charge in [-0.15, -0.1) is 11.4 Å². The van der Waals surface area contributed by atoms with Crippen molar-refractivity contribution in [2.75, 3.05) is 0 Å². The molecule has 2 aromatic rings. The SMILES string of the molecule is O=S(=O)([N-]c1ccccc1)[N-]c1ccccc1.[C-]#[O+].[C-]#[O+].[C-]#[O+].[C-]#[O+].[C-]#[O+].[C-]#[O+].[Fe].[Fe]. The Morgan fingerprint density at radius 3 is 0.871 bits per heavy atom. The van der Waals surface area contributed by atoms with Crippen LogP contribution in [0.2, 0.25) is 0 Å². The maximum atomic E-state index is 11.6. The molecule has 0 atom stereocenters. The number of nitrogens with zero attached hydrogens (tertiary/aromatic N) is 2. The summed E-state index contributed by atoms with van der Waals surface area (Å²) in [5, 5.41) is 0. The van der Waals surface area contributed by atoms with Gasteiger partial charge in [0.15, 0.2) is 0 Å². The predicted octanol–water partition coefficient (Wildman–Crippen LogP) is 3.41. The fourth-order valence-corrected chi connectivity index (χ4v) is 2.08. The van der Waals surface area contributed by atoms with E-state index in [4.69, 9.17) is 27.9 Å². The van der Waals surface area contributed by atoms with Gasteiger partial charge in [0, 0.05) is 44.3 Å². The Hall–Kier alpha value is -2.53. The molecular formula is C18H10Fe2N2O8S-2. The third-order valence-electron chi connectivity index (χ3n) is 1.95. The van der Waals surface area contributed by atoms with Crippen molar-refractivity contribution >= 4 is 21.6 Å². The van der Waals surface area contributed by atoms with Crippen LogP contribution >= 0.6 is 0 Å². The van der Waals surface area contributed by atoms with Gasteiger partial charge in [-0.1, -0.05) is 60.7 Å². The first-order valence-electron chi connectivity index (χ1n) is 6.19. The third kappa shape index (κ3) is 32.4. The molecule has 0 heterocycles. The Labute approximate surface area is 201 Å². The summed E-state index contributed by atoms with van der Waals surface area (Å²) in [5.74, 6) is 0. The third-order valence-corrected chi connectivity index (χ3v) is 2.84. The van der Waals surface area contributed by atoms with Crippen LogP contribution < -0.4 is 0 Å². The molecule has 0 fully saturated rings. The fraction of sp³-hybridized carbons (Fsp3) is 0. The zero-order chi connectivity index (χ0) is 24.1. The summed E-state index contributed by atoms with van der Waals surface area (Å²) in [6.07, 6.45) is 0. The summed E-state index contributed by atoms with van der Waals surface area (Å²) in [6.45, 7) is 27.0. The molecular weight excluding hydrogens is 516 g/mol. The van der Waals surface area contributed by atoms with Gasteiger partial charge in [-0.05, 0) is 0 Å². The van der Waals surface area contributed by atoms with Gasteiger partial charge in [0.2, 0.25) is 0 Å². The van der Waals surface area contributed by atoms with Gasteiger partial charge in [-0.3, -0.25) is 8.42 Å². The van der Waals surface area contributed by atoms with Gasteiger partial charge in [-0.2, -0.15) is 0 Å². The molecule has 0 bridgehead atoms. The second kappa shape index (κ2) is 41.8. The van der Waals surface area contributed by atoms with E-state index in [1.54, 1.807) is 60.7 Å². The molecule has 0 amide bonds. The second-order valence-electron chi connectivity index (χ2n) is 3.30. The topological polar surface area (TPSA) is 182 Å². The molecule has 13 heteroatoms. The summed E-state index contributed by atoms with van der Waals surface area (Å²) >= 11 is 0. The Balaban J connectivity index is -0.0000000716. The quantitative estimate of drug-likeness (QED) is 0.337. The fourth-order valence-electron chi connectivity index (χ4n) is 1.26. The van der Waals surface area contributed by atoms with Crippen LogP contribution in [0.3, 0.4) is 0 Å². The van der Waals surface area contributed by atoms with Crippen molar-refractivity contribution in [1.82, 2.24) is 0 Å². The molecule has 0 saturated carbocycles. The number of hydrogen-bond donors (Lipinski definition) is 0. The summed E-state index contributed by atoms with van der Waals surface area (Å²) in [4.78, 5) is 0. The molecule has 0 aliphatic heterocycles. The van der Waals surface area contributed by atoms with Gasteiger partial charge in [0.25, 0.3) is 0 Å². The number of hydrogen-bond acceptors (Lipinski definition) is 2. The largest absolute Gasteiger partial charge is 0 e. The first-order chi connectivity index (χ1) is 14.2. The number of rotatable bonds is 4. The molecule has 2 rings (SSSR count). The summed E-state index contributed by atoms with van der Waals surface area (Å²) in [5.41, 5.74) is 0.736. The summed E-state index contributed by atoms with van der Waals surface area (Å²) in [7, 11) is -3.84. The van der Waals surface area contributed by atoms with Crippen LogP contribution in [0.5, 0.6) is 0 Å². The minimum Gasteiger partial charge on any atom is 0 e.